The van der Waals surface area contributed by atoms with Crippen LogP contribution >= 0.6 is 11.6 Å². The van der Waals surface area contributed by atoms with Crippen molar-refractivity contribution in [1.82, 2.24) is 9.88 Å². The fraction of sp³-hybridized carbons (Fsp3) is 0.273. The van der Waals surface area contributed by atoms with Gasteiger partial charge in [0.1, 0.15) is 11.6 Å². The van der Waals surface area contributed by atoms with Gasteiger partial charge < -0.3 is 25.4 Å². The average molecular weight is 466 g/mol. The number of nitrogens with zero attached hydrogens (tertiary/aromatic N) is 1. The molecule has 0 spiro atoms. The third-order valence-electron chi connectivity index (χ3n) is 5.22. The van der Waals surface area contributed by atoms with Crippen molar-refractivity contribution in [2.45, 2.75) is 13.0 Å². The van der Waals surface area contributed by atoms with Gasteiger partial charge in [0.25, 0.3) is 5.56 Å². The molecule has 1 aromatic heterocycles. The summed E-state index contributed by atoms with van der Waals surface area (Å²) < 4.78 is 27.4. The molecule has 2 amide bonds. The number of nitrogens with one attached hydrogen (secondary N) is 2. The summed E-state index contributed by atoms with van der Waals surface area (Å²) in [5, 5.41) is 22.1. The van der Waals surface area contributed by atoms with E-state index in [9.17, 15) is 28.6 Å². The second kappa shape index (κ2) is 10.1. The lowest BCUT2D eigenvalue weighted by Crippen LogP contribution is -2.42. The summed E-state index contributed by atoms with van der Waals surface area (Å²) in [4.78, 5) is 29.2. The molecule has 1 atom stereocenters. The maximum Gasteiger partial charge on any atom is 0.322 e. The van der Waals surface area contributed by atoms with E-state index in [0.29, 0.717) is 10.9 Å². The van der Waals surface area contributed by atoms with Crippen LogP contribution < -0.4 is 10.9 Å². The Balaban J connectivity index is 2.01. The quantitative estimate of drug-likeness (QED) is 0.427. The summed E-state index contributed by atoms with van der Waals surface area (Å²) in [7, 11) is 0. The Kier molecular flexibility index (Phi) is 7.44. The Hall–Kier alpha value is -3.01. The minimum absolute atomic E-state index is 0.0507. The van der Waals surface area contributed by atoms with E-state index in [1.807, 2.05) is 0 Å². The molecule has 170 valence electrons. The summed E-state index contributed by atoms with van der Waals surface area (Å²) >= 11 is 5.78. The highest BCUT2D eigenvalue weighted by Crippen LogP contribution is 2.28. The fourth-order valence-corrected chi connectivity index (χ4v) is 3.58. The number of H-pyrrole nitrogens is 1. The molecule has 0 radical (unpaired) electrons. The molecule has 1 unspecified atom stereocenters. The van der Waals surface area contributed by atoms with Gasteiger partial charge in [-0.25, -0.2) is 13.6 Å². The van der Waals surface area contributed by atoms with Crippen LogP contribution in [0.5, 0.6) is 0 Å². The van der Waals surface area contributed by atoms with Crippen molar-refractivity contribution in [3.63, 3.8) is 0 Å². The number of hydrogen-bond acceptors (Lipinski definition) is 4. The van der Waals surface area contributed by atoms with E-state index in [1.54, 1.807) is 6.92 Å². The number of carbonyl (C=O) groups is 1. The van der Waals surface area contributed by atoms with Gasteiger partial charge in [-0.3, -0.25) is 4.79 Å². The summed E-state index contributed by atoms with van der Waals surface area (Å²) in [5.74, 6) is -1.83. The van der Waals surface area contributed by atoms with Crippen LogP contribution in [0, 0.1) is 17.6 Å². The predicted molar refractivity (Wildman–Crippen MR) is 118 cm³/mol. The molecule has 2 aromatic carbocycles. The first-order valence-electron chi connectivity index (χ1n) is 9.80. The molecule has 4 N–H and O–H groups in total. The van der Waals surface area contributed by atoms with Crippen molar-refractivity contribution in [3.8, 4) is 0 Å². The van der Waals surface area contributed by atoms with E-state index in [1.165, 1.54) is 41.4 Å². The standard InChI is InChI=1S/C22H22ClF2N3O4/c1-12(18-8-26-21(31)16-4-2-14(24)6-17(16)18)28(9-13(10-29)11-30)22(32)27-15-3-5-20(25)19(23)7-15/h2-8,12-13,29-30H,9-11H2,1H3,(H,26,31)(H,27,32). The van der Waals surface area contributed by atoms with E-state index in [2.05, 4.69) is 10.3 Å². The molecule has 0 saturated carbocycles. The number of anilines is 1. The van der Waals surface area contributed by atoms with Gasteiger partial charge in [0.2, 0.25) is 0 Å². The van der Waals surface area contributed by atoms with Gasteiger partial charge >= 0.3 is 6.03 Å². The lowest BCUT2D eigenvalue weighted by atomic mass is 10.00. The predicted octanol–water partition coefficient (Wildman–Crippen LogP) is 3.66. The van der Waals surface area contributed by atoms with Gasteiger partial charge in [-0.05, 0) is 54.3 Å². The van der Waals surface area contributed by atoms with Gasteiger partial charge in [-0.1, -0.05) is 11.6 Å². The van der Waals surface area contributed by atoms with Crippen LogP contribution in [-0.4, -0.2) is 45.9 Å². The van der Waals surface area contributed by atoms with E-state index >= 15 is 0 Å². The molecule has 0 bridgehead atoms. The molecule has 7 nitrogen and oxygen atoms in total. The largest absolute Gasteiger partial charge is 0.396 e. The van der Waals surface area contributed by atoms with Gasteiger partial charge in [-0.15, -0.1) is 0 Å². The number of fused-ring (bicyclic) bond motifs is 1. The first-order valence-corrected chi connectivity index (χ1v) is 10.2. The highest BCUT2D eigenvalue weighted by Gasteiger charge is 2.26. The molecule has 0 aliphatic carbocycles. The summed E-state index contributed by atoms with van der Waals surface area (Å²) in [6, 6.07) is 6.10. The van der Waals surface area contributed by atoms with E-state index < -0.39 is 35.2 Å². The van der Waals surface area contributed by atoms with Crippen LogP contribution in [0.1, 0.15) is 18.5 Å². The molecular weight excluding hydrogens is 444 g/mol. The zero-order valence-corrected chi connectivity index (χ0v) is 17.9. The Morgan fingerprint density at radius 3 is 2.53 bits per heavy atom. The molecular formula is C22H22ClF2N3O4. The van der Waals surface area contributed by atoms with Crippen molar-refractivity contribution in [1.29, 1.82) is 0 Å². The highest BCUT2D eigenvalue weighted by atomic mass is 35.5. The van der Waals surface area contributed by atoms with Crippen LogP contribution in [0.15, 0.2) is 47.4 Å². The smallest absolute Gasteiger partial charge is 0.322 e. The minimum atomic E-state index is -0.701. The monoisotopic (exact) mass is 465 g/mol. The number of pyridine rings is 1. The van der Waals surface area contributed by atoms with Crippen molar-refractivity contribution < 1.29 is 23.8 Å². The Morgan fingerprint density at radius 2 is 1.88 bits per heavy atom. The number of aromatic amines is 1. The number of halogens is 3. The van der Waals surface area contributed by atoms with Crippen molar-refractivity contribution in [2.75, 3.05) is 25.1 Å². The van der Waals surface area contributed by atoms with Crippen molar-refractivity contribution in [2.24, 2.45) is 5.92 Å². The molecule has 0 fully saturated rings. The number of aliphatic hydroxyl groups is 2. The molecule has 32 heavy (non-hydrogen) atoms. The van der Waals surface area contributed by atoms with E-state index in [0.717, 1.165) is 6.07 Å². The first kappa shape index (κ1) is 23.6. The number of rotatable bonds is 7. The molecule has 3 aromatic rings. The fourth-order valence-electron chi connectivity index (χ4n) is 3.40. The highest BCUT2D eigenvalue weighted by molar-refractivity contribution is 6.31. The Labute approximate surface area is 187 Å². The Bertz CT molecular complexity index is 1180. The third-order valence-corrected chi connectivity index (χ3v) is 5.51. The molecule has 0 saturated heterocycles. The Morgan fingerprint density at radius 1 is 1.16 bits per heavy atom. The minimum Gasteiger partial charge on any atom is -0.396 e. The molecule has 0 aliphatic rings. The second-order valence-electron chi connectivity index (χ2n) is 7.38. The summed E-state index contributed by atoms with van der Waals surface area (Å²) in [6.07, 6.45) is 1.40. The maximum absolute atomic E-state index is 13.9. The summed E-state index contributed by atoms with van der Waals surface area (Å²) in [5.41, 5.74) is 0.290. The zero-order chi connectivity index (χ0) is 23.4. The van der Waals surface area contributed by atoms with Crippen LogP contribution in [0.25, 0.3) is 10.8 Å². The average Bonchev–Trinajstić information content (AvgIpc) is 2.77. The zero-order valence-electron chi connectivity index (χ0n) is 17.1. The number of aromatic nitrogens is 1. The number of benzene rings is 2. The van der Waals surface area contributed by atoms with E-state index in [-0.39, 0.29) is 35.9 Å². The molecule has 1 heterocycles. The number of hydrogen-bond donors (Lipinski definition) is 4. The van der Waals surface area contributed by atoms with Crippen LogP contribution in [0.4, 0.5) is 19.3 Å². The second-order valence-corrected chi connectivity index (χ2v) is 7.79. The molecule has 0 aliphatic heterocycles. The van der Waals surface area contributed by atoms with Crippen molar-refractivity contribution in [3.05, 3.63) is 75.2 Å². The normalized spacial score (nSPS) is 12.2. The summed E-state index contributed by atoms with van der Waals surface area (Å²) in [6.45, 7) is 0.860. The van der Waals surface area contributed by atoms with Gasteiger partial charge in [0.05, 0.1) is 11.1 Å². The van der Waals surface area contributed by atoms with Crippen LogP contribution in [0.3, 0.4) is 0 Å². The SMILES string of the molecule is CC(c1c[nH]c(=O)c2ccc(F)cc12)N(CC(CO)CO)C(=O)Nc1ccc(F)c(Cl)c1. The number of carbonyl (C=O) groups excluding carboxylic acids is 1. The number of urea groups is 1. The molecule has 10 heteroatoms. The lowest BCUT2D eigenvalue weighted by Gasteiger charge is -2.32. The van der Waals surface area contributed by atoms with Crippen molar-refractivity contribution >= 4 is 34.1 Å². The maximum atomic E-state index is 13.9. The van der Waals surface area contributed by atoms with Crippen LogP contribution in [-0.2, 0) is 0 Å². The topological polar surface area (TPSA) is 106 Å². The van der Waals surface area contributed by atoms with Crippen LogP contribution in [0.2, 0.25) is 5.02 Å². The van der Waals surface area contributed by atoms with Gasteiger partial charge in [-0.2, -0.15) is 0 Å². The van der Waals surface area contributed by atoms with E-state index in [4.69, 9.17) is 11.6 Å². The van der Waals surface area contributed by atoms with Gasteiger partial charge in [0, 0.05) is 42.9 Å². The number of amides is 2. The lowest BCUT2D eigenvalue weighted by molar-refractivity contribution is 0.108. The third kappa shape index (κ3) is 5.07. The van der Waals surface area contributed by atoms with Gasteiger partial charge in [0.15, 0.2) is 0 Å². The molecule has 3 rings (SSSR count). The first-order chi connectivity index (χ1) is 15.2. The number of aliphatic hydroxyl groups excluding tert-OH is 2.